The van der Waals surface area contributed by atoms with Gasteiger partial charge in [0.25, 0.3) is 11.7 Å². The molecule has 0 aromatic heterocycles. The van der Waals surface area contributed by atoms with Gasteiger partial charge in [0.05, 0.1) is 31.9 Å². The number of aliphatic hydroxyl groups excluding tert-OH is 1. The van der Waals surface area contributed by atoms with Gasteiger partial charge in [0.2, 0.25) is 6.79 Å². The second kappa shape index (κ2) is 8.90. The van der Waals surface area contributed by atoms with Crippen LogP contribution in [-0.2, 0) is 14.3 Å². The van der Waals surface area contributed by atoms with Crippen molar-refractivity contribution in [2.24, 2.45) is 0 Å². The largest absolute Gasteiger partial charge is 0.507 e. The van der Waals surface area contributed by atoms with Crippen LogP contribution in [0.5, 0.6) is 23.0 Å². The van der Waals surface area contributed by atoms with Crippen LogP contribution in [0.25, 0.3) is 5.76 Å². The molecule has 0 saturated carbocycles. The van der Waals surface area contributed by atoms with Crippen LogP contribution >= 0.6 is 0 Å². The molecule has 2 aromatic rings. The Morgan fingerprint density at radius 2 is 1.85 bits per heavy atom. The van der Waals surface area contributed by atoms with Crippen molar-refractivity contribution in [2.45, 2.75) is 25.0 Å². The molecule has 34 heavy (non-hydrogen) atoms. The Kier molecular flexibility index (Phi) is 5.79. The highest BCUT2D eigenvalue weighted by Gasteiger charge is 2.47. The molecule has 3 aliphatic rings. The van der Waals surface area contributed by atoms with Crippen molar-refractivity contribution in [3.63, 3.8) is 0 Å². The number of ketones is 1. The first-order chi connectivity index (χ1) is 16.5. The number of hydrogen-bond acceptors (Lipinski definition) is 8. The van der Waals surface area contributed by atoms with Gasteiger partial charge < -0.3 is 33.7 Å². The maximum atomic E-state index is 13.2. The van der Waals surface area contributed by atoms with Crippen molar-refractivity contribution in [3.8, 4) is 23.0 Å². The number of nitrogens with zero attached hydrogens (tertiary/aromatic N) is 1. The van der Waals surface area contributed by atoms with E-state index in [1.54, 1.807) is 36.4 Å². The van der Waals surface area contributed by atoms with Crippen LogP contribution in [-0.4, -0.2) is 62.0 Å². The van der Waals surface area contributed by atoms with Crippen LogP contribution in [0.3, 0.4) is 0 Å². The number of rotatable bonds is 6. The molecule has 2 saturated heterocycles. The fourth-order valence-electron chi connectivity index (χ4n) is 4.64. The van der Waals surface area contributed by atoms with Gasteiger partial charge in [0, 0.05) is 18.7 Å². The van der Waals surface area contributed by atoms with E-state index in [0.29, 0.717) is 40.7 Å². The highest BCUT2D eigenvalue weighted by atomic mass is 16.7. The molecule has 0 radical (unpaired) electrons. The predicted molar refractivity (Wildman–Crippen MR) is 120 cm³/mol. The molecule has 2 atom stereocenters. The maximum absolute atomic E-state index is 13.2. The van der Waals surface area contributed by atoms with Crippen LogP contribution in [0.15, 0.2) is 42.0 Å². The van der Waals surface area contributed by atoms with Gasteiger partial charge in [0.1, 0.15) is 5.76 Å². The molecule has 5 rings (SSSR count). The number of benzene rings is 2. The molecule has 178 valence electrons. The minimum atomic E-state index is -0.813. The minimum absolute atomic E-state index is 0.00548. The first kappa shape index (κ1) is 22.1. The van der Waals surface area contributed by atoms with E-state index in [9.17, 15) is 14.7 Å². The number of fused-ring (bicyclic) bond motifs is 1. The Balaban J connectivity index is 1.63. The summed E-state index contributed by atoms with van der Waals surface area (Å²) < 4.78 is 27.3. The molecule has 2 aromatic carbocycles. The van der Waals surface area contributed by atoms with E-state index < -0.39 is 17.7 Å². The summed E-state index contributed by atoms with van der Waals surface area (Å²) in [6, 6.07) is 9.25. The summed E-state index contributed by atoms with van der Waals surface area (Å²) in [5.74, 6) is 0.237. The van der Waals surface area contributed by atoms with Gasteiger partial charge in [-0.2, -0.15) is 0 Å². The molecule has 3 heterocycles. The lowest BCUT2D eigenvalue weighted by atomic mass is 9.94. The molecule has 9 nitrogen and oxygen atoms in total. The highest BCUT2D eigenvalue weighted by Crippen LogP contribution is 2.44. The van der Waals surface area contributed by atoms with Crippen LogP contribution in [0.2, 0.25) is 0 Å². The lowest BCUT2D eigenvalue weighted by Gasteiger charge is -2.27. The van der Waals surface area contributed by atoms with Gasteiger partial charge in [-0.25, -0.2) is 0 Å². The minimum Gasteiger partial charge on any atom is -0.507 e. The van der Waals surface area contributed by atoms with Gasteiger partial charge in [0.15, 0.2) is 23.0 Å². The van der Waals surface area contributed by atoms with E-state index in [1.165, 1.54) is 19.1 Å². The molecular weight excluding hydrogens is 442 g/mol. The van der Waals surface area contributed by atoms with Crippen molar-refractivity contribution in [1.29, 1.82) is 0 Å². The number of carbonyl (C=O) groups excluding carboxylic acids is 2. The molecule has 0 spiro atoms. The number of aliphatic hydroxyl groups is 1. The van der Waals surface area contributed by atoms with E-state index in [2.05, 4.69) is 0 Å². The Hall–Kier alpha value is -3.72. The summed E-state index contributed by atoms with van der Waals surface area (Å²) in [4.78, 5) is 27.9. The summed E-state index contributed by atoms with van der Waals surface area (Å²) in [5, 5.41) is 11.3. The van der Waals surface area contributed by atoms with Gasteiger partial charge in [-0.3, -0.25) is 9.59 Å². The van der Waals surface area contributed by atoms with E-state index >= 15 is 0 Å². The Labute approximate surface area is 196 Å². The Bertz CT molecular complexity index is 1170. The zero-order valence-corrected chi connectivity index (χ0v) is 18.9. The molecular formula is C25H25NO8. The smallest absolute Gasteiger partial charge is 0.295 e. The lowest BCUT2D eigenvalue weighted by molar-refractivity contribution is -0.140. The summed E-state index contributed by atoms with van der Waals surface area (Å²) >= 11 is 0. The van der Waals surface area contributed by atoms with Gasteiger partial charge >= 0.3 is 0 Å². The number of ether oxygens (including phenoxy) is 5. The zero-order chi connectivity index (χ0) is 23.8. The first-order valence-electron chi connectivity index (χ1n) is 11.0. The standard InChI is InChI=1S/C25H25NO8/c1-30-17-7-6-15(11-19(17)31-2)23(27)21-22(14-5-8-18-20(10-14)34-13-33-18)26(25(29)24(21)28)12-16-4-3-9-32-16/h5-8,10-11,16,22,27H,3-4,9,12-13H2,1-2H3/t16-,22-/m0/s1. The average Bonchev–Trinajstić information content (AvgIpc) is 3.60. The summed E-state index contributed by atoms with van der Waals surface area (Å²) in [6.07, 6.45) is 1.53. The van der Waals surface area contributed by atoms with E-state index in [-0.39, 0.29) is 30.8 Å². The summed E-state index contributed by atoms with van der Waals surface area (Å²) in [7, 11) is 2.99. The Morgan fingerprint density at radius 1 is 1.06 bits per heavy atom. The van der Waals surface area contributed by atoms with Crippen molar-refractivity contribution < 1.29 is 38.4 Å². The highest BCUT2D eigenvalue weighted by molar-refractivity contribution is 6.46. The number of Topliss-reactive ketones (excluding diaryl/α,β-unsaturated/α-hetero) is 1. The third-order valence-electron chi connectivity index (χ3n) is 6.33. The van der Waals surface area contributed by atoms with Crippen LogP contribution < -0.4 is 18.9 Å². The van der Waals surface area contributed by atoms with Crippen molar-refractivity contribution in [1.82, 2.24) is 4.90 Å². The molecule has 9 heteroatoms. The summed E-state index contributed by atoms with van der Waals surface area (Å²) in [6.45, 7) is 0.960. The molecule has 0 aliphatic carbocycles. The SMILES string of the molecule is COc1ccc(C(O)=C2C(=O)C(=O)N(C[C@@H]3CCCO3)[C@H]2c2ccc3c(c2)OCO3)cc1OC. The van der Waals surface area contributed by atoms with Gasteiger partial charge in [-0.15, -0.1) is 0 Å². The van der Waals surface area contributed by atoms with Crippen molar-refractivity contribution in [2.75, 3.05) is 34.2 Å². The van der Waals surface area contributed by atoms with E-state index in [1.807, 2.05) is 0 Å². The topological polar surface area (TPSA) is 104 Å². The lowest BCUT2D eigenvalue weighted by Crippen LogP contribution is -2.36. The molecule has 0 unspecified atom stereocenters. The molecule has 3 aliphatic heterocycles. The normalized spacial score (nSPS) is 22.9. The third kappa shape index (κ3) is 3.71. The molecule has 2 fully saturated rings. The average molecular weight is 467 g/mol. The van der Waals surface area contributed by atoms with E-state index in [4.69, 9.17) is 23.7 Å². The number of methoxy groups -OCH3 is 2. The predicted octanol–water partition coefficient (Wildman–Crippen LogP) is 3.03. The van der Waals surface area contributed by atoms with Crippen LogP contribution in [0.1, 0.15) is 30.0 Å². The second-order valence-electron chi connectivity index (χ2n) is 8.27. The van der Waals surface area contributed by atoms with Gasteiger partial charge in [-0.05, 0) is 48.7 Å². The molecule has 0 bridgehead atoms. The first-order valence-corrected chi connectivity index (χ1v) is 11.0. The maximum Gasteiger partial charge on any atom is 0.295 e. The summed E-state index contributed by atoms with van der Waals surface area (Å²) in [5.41, 5.74) is 0.955. The van der Waals surface area contributed by atoms with Crippen LogP contribution in [0, 0.1) is 0 Å². The third-order valence-corrected chi connectivity index (χ3v) is 6.33. The Morgan fingerprint density at radius 3 is 2.59 bits per heavy atom. The fourth-order valence-corrected chi connectivity index (χ4v) is 4.64. The van der Waals surface area contributed by atoms with Crippen molar-refractivity contribution in [3.05, 3.63) is 53.1 Å². The second-order valence-corrected chi connectivity index (χ2v) is 8.27. The number of hydrogen-bond donors (Lipinski definition) is 1. The quantitative estimate of drug-likeness (QED) is 0.393. The number of carbonyl (C=O) groups is 2. The molecule has 1 N–H and O–H groups in total. The fraction of sp³-hybridized carbons (Fsp3) is 0.360. The van der Waals surface area contributed by atoms with E-state index in [0.717, 1.165) is 12.8 Å². The van der Waals surface area contributed by atoms with Crippen molar-refractivity contribution >= 4 is 17.4 Å². The number of amides is 1. The van der Waals surface area contributed by atoms with Gasteiger partial charge in [-0.1, -0.05) is 6.07 Å². The number of likely N-dealkylation sites (tertiary alicyclic amines) is 1. The monoisotopic (exact) mass is 467 g/mol. The zero-order valence-electron chi connectivity index (χ0n) is 18.9. The molecule has 1 amide bonds. The van der Waals surface area contributed by atoms with Crippen LogP contribution in [0.4, 0.5) is 0 Å².